The number of hydrogen-bond acceptors (Lipinski definition) is 5. The monoisotopic (exact) mass is 443 g/mol. The van der Waals surface area contributed by atoms with Crippen molar-refractivity contribution in [3.05, 3.63) is 107 Å². The van der Waals surface area contributed by atoms with Crippen molar-refractivity contribution in [3.63, 3.8) is 0 Å². The van der Waals surface area contributed by atoms with E-state index in [2.05, 4.69) is 0 Å². The third kappa shape index (κ3) is 4.66. The van der Waals surface area contributed by atoms with Gasteiger partial charge in [0.15, 0.2) is 0 Å². The van der Waals surface area contributed by atoms with Crippen molar-refractivity contribution >= 4 is 17.4 Å². The Hall–Kier alpha value is -3.90. The first-order valence-corrected chi connectivity index (χ1v) is 10.7. The molecule has 4 rings (SSSR count). The molecule has 3 aromatic carbocycles. The molecule has 0 saturated carbocycles. The molecule has 1 fully saturated rings. The van der Waals surface area contributed by atoms with Crippen LogP contribution in [-0.2, 0) is 16.2 Å². The van der Waals surface area contributed by atoms with Crippen LogP contribution in [-0.4, -0.2) is 40.0 Å². The second kappa shape index (κ2) is 9.71. The van der Waals surface area contributed by atoms with Crippen LogP contribution in [0.15, 0.2) is 84.4 Å². The van der Waals surface area contributed by atoms with Crippen molar-refractivity contribution in [1.82, 2.24) is 4.90 Å². The van der Waals surface area contributed by atoms with Crippen LogP contribution < -0.4 is 4.74 Å². The van der Waals surface area contributed by atoms with Gasteiger partial charge in [-0.2, -0.15) is 0 Å². The average molecular weight is 443 g/mol. The summed E-state index contributed by atoms with van der Waals surface area (Å²) in [6, 6.07) is 23.1. The van der Waals surface area contributed by atoms with Crippen LogP contribution >= 0.6 is 0 Å². The molecule has 0 bridgehead atoms. The van der Waals surface area contributed by atoms with Gasteiger partial charge in [-0.25, -0.2) is 0 Å². The zero-order valence-corrected chi connectivity index (χ0v) is 18.3. The molecule has 168 valence electrons. The van der Waals surface area contributed by atoms with E-state index in [-0.39, 0.29) is 24.5 Å². The van der Waals surface area contributed by atoms with Crippen LogP contribution in [0.2, 0.25) is 0 Å². The Kier molecular flexibility index (Phi) is 6.56. The standard InChI is InChI=1S/C27H25NO5/c1-18-10-12-20(13-11-18)25(30)23-24(28(14-15-29)27(32)26(23)31)21-8-5-9-22(16-21)33-17-19-6-3-2-4-7-19/h2-13,16,24,29-30H,14-15,17H2,1H3/t24-/m1/s1. The van der Waals surface area contributed by atoms with Crippen LogP contribution in [0.3, 0.4) is 0 Å². The summed E-state index contributed by atoms with van der Waals surface area (Å²) >= 11 is 0. The predicted octanol–water partition coefficient (Wildman–Crippen LogP) is 3.99. The number of aryl methyl sites for hydroxylation is 1. The van der Waals surface area contributed by atoms with E-state index in [1.807, 2.05) is 49.4 Å². The number of carbonyl (C=O) groups is 2. The molecule has 0 aromatic heterocycles. The second-order valence-electron chi connectivity index (χ2n) is 7.93. The Balaban J connectivity index is 1.73. The van der Waals surface area contributed by atoms with E-state index in [9.17, 15) is 19.8 Å². The summed E-state index contributed by atoms with van der Waals surface area (Å²) in [6.07, 6.45) is 0. The van der Waals surface area contributed by atoms with Gasteiger partial charge in [-0.15, -0.1) is 0 Å². The van der Waals surface area contributed by atoms with Gasteiger partial charge in [-0.3, -0.25) is 9.59 Å². The van der Waals surface area contributed by atoms with Crippen molar-refractivity contribution < 1.29 is 24.5 Å². The van der Waals surface area contributed by atoms with E-state index >= 15 is 0 Å². The maximum Gasteiger partial charge on any atom is 0.295 e. The summed E-state index contributed by atoms with van der Waals surface area (Å²) < 4.78 is 5.92. The lowest BCUT2D eigenvalue weighted by atomic mass is 9.95. The first-order valence-electron chi connectivity index (χ1n) is 10.7. The SMILES string of the molecule is Cc1ccc(C(O)=C2C(=O)C(=O)N(CCO)[C@@H]2c2cccc(OCc3ccccc3)c2)cc1. The number of aliphatic hydroxyl groups is 2. The molecular weight excluding hydrogens is 418 g/mol. The summed E-state index contributed by atoms with van der Waals surface area (Å²) in [7, 11) is 0. The Labute approximate surface area is 192 Å². The topological polar surface area (TPSA) is 87.1 Å². The van der Waals surface area contributed by atoms with Gasteiger partial charge in [-0.1, -0.05) is 72.3 Å². The smallest absolute Gasteiger partial charge is 0.295 e. The molecule has 2 N–H and O–H groups in total. The minimum atomic E-state index is -0.835. The number of rotatable bonds is 7. The summed E-state index contributed by atoms with van der Waals surface area (Å²) in [5.74, 6) is -1.20. The van der Waals surface area contributed by atoms with Gasteiger partial charge in [0.2, 0.25) is 0 Å². The lowest BCUT2D eigenvalue weighted by Gasteiger charge is -2.25. The Bertz CT molecular complexity index is 1180. The van der Waals surface area contributed by atoms with Gasteiger partial charge < -0.3 is 19.8 Å². The second-order valence-corrected chi connectivity index (χ2v) is 7.93. The first kappa shape index (κ1) is 22.3. The minimum absolute atomic E-state index is 0.00230. The molecule has 1 heterocycles. The number of Topliss-reactive ketones (excluding diaryl/α,β-unsaturated/α-hetero) is 1. The normalized spacial score (nSPS) is 17.4. The molecule has 6 heteroatoms. The third-order valence-electron chi connectivity index (χ3n) is 5.63. The molecule has 0 unspecified atom stereocenters. The number of amides is 1. The number of β-amino-alcohol motifs (C(OH)–C–C–N with tert-alkyl or cyclic N) is 1. The van der Waals surface area contributed by atoms with Crippen LogP contribution in [0.25, 0.3) is 5.76 Å². The zero-order valence-electron chi connectivity index (χ0n) is 18.3. The quantitative estimate of drug-likeness (QED) is 0.328. The number of benzene rings is 3. The fourth-order valence-electron chi connectivity index (χ4n) is 3.95. The summed E-state index contributed by atoms with van der Waals surface area (Å²) in [5.41, 5.74) is 3.07. The van der Waals surface area contributed by atoms with Gasteiger partial charge in [-0.05, 0) is 30.2 Å². The van der Waals surface area contributed by atoms with Crippen molar-refractivity contribution in [2.45, 2.75) is 19.6 Å². The highest BCUT2D eigenvalue weighted by atomic mass is 16.5. The van der Waals surface area contributed by atoms with Gasteiger partial charge >= 0.3 is 0 Å². The fourth-order valence-corrected chi connectivity index (χ4v) is 3.95. The molecule has 3 aromatic rings. The van der Waals surface area contributed by atoms with E-state index in [0.717, 1.165) is 11.1 Å². The van der Waals surface area contributed by atoms with Crippen molar-refractivity contribution in [2.24, 2.45) is 0 Å². The van der Waals surface area contributed by atoms with E-state index in [1.54, 1.807) is 36.4 Å². The van der Waals surface area contributed by atoms with Gasteiger partial charge in [0, 0.05) is 12.1 Å². The molecule has 1 atom stereocenters. The van der Waals surface area contributed by atoms with E-state index in [0.29, 0.717) is 23.5 Å². The number of ketones is 1. The summed E-state index contributed by atoms with van der Waals surface area (Å²) in [4.78, 5) is 27.0. The lowest BCUT2D eigenvalue weighted by molar-refractivity contribution is -0.140. The van der Waals surface area contributed by atoms with E-state index in [1.165, 1.54) is 4.90 Å². The molecule has 33 heavy (non-hydrogen) atoms. The number of carbonyl (C=O) groups excluding carboxylic acids is 2. The van der Waals surface area contributed by atoms with Gasteiger partial charge in [0.05, 0.1) is 18.2 Å². The Morgan fingerprint density at radius 3 is 2.39 bits per heavy atom. The molecule has 1 aliphatic rings. The fraction of sp³-hybridized carbons (Fsp3) is 0.185. The van der Waals surface area contributed by atoms with Crippen molar-refractivity contribution in [1.29, 1.82) is 0 Å². The zero-order chi connectivity index (χ0) is 23.4. The summed E-state index contributed by atoms with van der Waals surface area (Å²) in [6.45, 7) is 1.95. The number of ether oxygens (including phenoxy) is 1. The van der Waals surface area contributed by atoms with E-state index in [4.69, 9.17) is 4.74 Å². The lowest BCUT2D eigenvalue weighted by Crippen LogP contribution is -2.32. The third-order valence-corrected chi connectivity index (χ3v) is 5.63. The maximum atomic E-state index is 12.9. The number of nitrogens with zero attached hydrogens (tertiary/aromatic N) is 1. The highest BCUT2D eigenvalue weighted by molar-refractivity contribution is 6.46. The van der Waals surface area contributed by atoms with Crippen molar-refractivity contribution in [2.75, 3.05) is 13.2 Å². The molecule has 0 aliphatic carbocycles. The molecule has 0 radical (unpaired) electrons. The first-order chi connectivity index (χ1) is 16.0. The minimum Gasteiger partial charge on any atom is -0.507 e. The van der Waals surface area contributed by atoms with Crippen LogP contribution in [0.1, 0.15) is 28.3 Å². The molecule has 0 spiro atoms. The van der Waals surface area contributed by atoms with Crippen LogP contribution in [0.4, 0.5) is 0 Å². The summed E-state index contributed by atoms with van der Waals surface area (Å²) in [5, 5.41) is 20.5. The highest BCUT2D eigenvalue weighted by Gasteiger charge is 2.45. The Morgan fingerprint density at radius 2 is 1.70 bits per heavy atom. The van der Waals surface area contributed by atoms with Crippen LogP contribution in [0.5, 0.6) is 5.75 Å². The molecule has 1 amide bonds. The molecular formula is C27H25NO5. The molecule has 1 saturated heterocycles. The molecule has 1 aliphatic heterocycles. The van der Waals surface area contributed by atoms with Gasteiger partial charge in [0.25, 0.3) is 11.7 Å². The predicted molar refractivity (Wildman–Crippen MR) is 124 cm³/mol. The molecule has 6 nitrogen and oxygen atoms in total. The average Bonchev–Trinajstić information content (AvgIpc) is 3.09. The van der Waals surface area contributed by atoms with Gasteiger partial charge in [0.1, 0.15) is 18.1 Å². The maximum absolute atomic E-state index is 12.9. The number of hydrogen-bond donors (Lipinski definition) is 2. The van der Waals surface area contributed by atoms with Crippen LogP contribution in [0, 0.1) is 6.92 Å². The number of aliphatic hydroxyl groups excluding tert-OH is 2. The van der Waals surface area contributed by atoms with E-state index < -0.39 is 17.7 Å². The van der Waals surface area contributed by atoms with Crippen molar-refractivity contribution in [3.8, 4) is 5.75 Å². The Morgan fingerprint density at radius 1 is 0.970 bits per heavy atom. The largest absolute Gasteiger partial charge is 0.507 e. The highest BCUT2D eigenvalue weighted by Crippen LogP contribution is 2.40. The number of likely N-dealkylation sites (tertiary alicyclic amines) is 1.